The minimum absolute atomic E-state index is 0.0149. The molecule has 2 aromatic heterocycles. The highest BCUT2D eigenvalue weighted by atomic mass is 33.1. The first kappa shape index (κ1) is 76.4. The highest BCUT2D eigenvalue weighted by Crippen LogP contribution is 2.46. The number of nitrogens with zero attached hydrogens (tertiary/aromatic N) is 4. The first-order chi connectivity index (χ1) is 45.8. The van der Waals surface area contributed by atoms with E-state index in [9.17, 15) is 83.7 Å². The smallest absolute Gasteiger partial charge is 0.326 e. The molecule has 33 heteroatoms. The largest absolute Gasteiger partial charge is 0.481 e. The molecule has 96 heavy (non-hydrogen) atoms. The molecule has 1 aliphatic carbocycles. The van der Waals surface area contributed by atoms with E-state index in [1.54, 1.807) is 12.1 Å². The number of benzene rings is 3. The maximum atomic E-state index is 14.3. The lowest BCUT2D eigenvalue weighted by Gasteiger charge is -2.26. The molecule has 0 bridgehead atoms. The summed E-state index contributed by atoms with van der Waals surface area (Å²) in [4.78, 5) is 147. The third-order valence-electron chi connectivity index (χ3n) is 15.6. The molecule has 0 aliphatic heterocycles. The molecule has 0 saturated heterocycles. The van der Waals surface area contributed by atoms with Gasteiger partial charge in [-0.25, -0.2) is 14.8 Å². The number of Topliss-reactive ketones (excluding diaryl/α,β-unsaturated/α-hetero) is 2. The van der Waals surface area contributed by atoms with Crippen LogP contribution in [0.2, 0.25) is 0 Å². The third-order valence-corrected chi connectivity index (χ3v) is 19.1. The lowest BCUT2D eigenvalue weighted by atomic mass is 9.89. The van der Waals surface area contributed by atoms with Crippen LogP contribution in [0.5, 0.6) is 0 Å². The van der Waals surface area contributed by atoms with Crippen LogP contribution in [0.1, 0.15) is 97.8 Å². The van der Waals surface area contributed by atoms with Crippen LogP contribution in [0.3, 0.4) is 0 Å². The number of carboxylic acid groups (broad SMARTS) is 3. The van der Waals surface area contributed by atoms with Crippen LogP contribution < -0.4 is 38.1 Å². The number of hydrogen-bond donors (Lipinski definition) is 15. The molecule has 0 saturated carbocycles. The number of aromatic nitrogens is 4. The second-order valence-electron chi connectivity index (χ2n) is 22.6. The van der Waals surface area contributed by atoms with E-state index in [4.69, 9.17) is 21.3 Å². The van der Waals surface area contributed by atoms with E-state index < -0.39 is 159 Å². The van der Waals surface area contributed by atoms with E-state index in [0.717, 1.165) is 43.8 Å². The number of carboxylic acids is 3. The zero-order valence-corrected chi connectivity index (χ0v) is 54.7. The van der Waals surface area contributed by atoms with Gasteiger partial charge >= 0.3 is 23.9 Å². The van der Waals surface area contributed by atoms with Crippen molar-refractivity contribution >= 4 is 121 Å². The van der Waals surface area contributed by atoms with Gasteiger partial charge in [0.1, 0.15) is 42.8 Å². The molecule has 6 rings (SSSR count). The van der Waals surface area contributed by atoms with Crippen molar-refractivity contribution < 1.29 is 93.5 Å². The summed E-state index contributed by atoms with van der Waals surface area (Å²) in [5.74, 6) is -11.7. The summed E-state index contributed by atoms with van der Waals surface area (Å²) >= 11 is 1.54. The van der Waals surface area contributed by atoms with Gasteiger partial charge in [0.05, 0.1) is 37.1 Å². The SMILES string of the molecule is C[C@@H](CCC(=O)O)C(=O)C[C@@H](CCC(=O)NC[C@H](O)[C@@H](O)[C@H](O)[C@H](O)CO)C(=O)N[C@@H](CNC(=O)CCSCC1c2ccccc2-c2ccccc21)C(=O)C[C@@H](CSSCCOC(=O)CC[C@H](NC(=O)c1ccc(NCc2cnc3nc(N)nc(N)c3n2)cc1)C(=O)O)C(=O)O. The summed E-state index contributed by atoms with van der Waals surface area (Å²) in [6, 6.07) is 19.2. The number of fused-ring (bicyclic) bond motifs is 4. The number of hydrogen-bond acceptors (Lipinski definition) is 26. The molecular weight excluding hydrogens is 1310 g/mol. The maximum Gasteiger partial charge on any atom is 0.326 e. The number of rotatable bonds is 43. The number of ketones is 2. The minimum Gasteiger partial charge on any atom is -0.481 e. The summed E-state index contributed by atoms with van der Waals surface area (Å²) in [5, 5.41) is 91.8. The molecule has 4 amide bonds. The summed E-state index contributed by atoms with van der Waals surface area (Å²) < 4.78 is 5.26. The van der Waals surface area contributed by atoms with Crippen LogP contribution in [-0.4, -0.2) is 206 Å². The van der Waals surface area contributed by atoms with Gasteiger partial charge in [-0.1, -0.05) is 77.0 Å². The van der Waals surface area contributed by atoms with E-state index >= 15 is 0 Å². The second kappa shape index (κ2) is 38.2. The number of nitrogens with one attached hydrogen (secondary N) is 5. The fourth-order valence-electron chi connectivity index (χ4n) is 10.0. The molecule has 2 heterocycles. The lowest BCUT2D eigenvalue weighted by molar-refractivity contribution is -0.144. The van der Waals surface area contributed by atoms with Gasteiger partial charge in [-0.2, -0.15) is 21.7 Å². The van der Waals surface area contributed by atoms with Crippen LogP contribution in [0.25, 0.3) is 22.3 Å². The first-order valence-corrected chi connectivity index (χ1v) is 34.2. The predicted molar refractivity (Wildman–Crippen MR) is 356 cm³/mol. The zero-order chi connectivity index (χ0) is 70.0. The highest BCUT2D eigenvalue weighted by Gasteiger charge is 2.34. The van der Waals surface area contributed by atoms with Crippen LogP contribution >= 0.6 is 33.3 Å². The molecule has 3 aromatic carbocycles. The van der Waals surface area contributed by atoms with Gasteiger partial charge < -0.3 is 83.6 Å². The summed E-state index contributed by atoms with van der Waals surface area (Å²) in [6.07, 6.45) is -9.48. The fourth-order valence-corrected chi connectivity index (χ4v) is 13.2. The molecular formula is C63H79N11O19S3. The number of nitrogen functional groups attached to an aromatic ring is 2. The monoisotopic (exact) mass is 1390 g/mol. The number of aliphatic hydroxyl groups excluding tert-OH is 5. The maximum absolute atomic E-state index is 14.3. The number of aliphatic carboxylic acids is 3. The second-order valence-corrected chi connectivity index (χ2v) is 26.4. The molecule has 17 N–H and O–H groups in total. The van der Waals surface area contributed by atoms with Crippen molar-refractivity contribution in [3.8, 4) is 11.1 Å². The quantitative estimate of drug-likeness (QED) is 0.0150. The van der Waals surface area contributed by atoms with Gasteiger partial charge in [-0.05, 0) is 65.8 Å². The van der Waals surface area contributed by atoms with Gasteiger partial charge in [0.2, 0.25) is 23.7 Å². The minimum atomic E-state index is -2.01. The lowest BCUT2D eigenvalue weighted by Crippen LogP contribution is -2.51. The van der Waals surface area contributed by atoms with E-state index in [2.05, 4.69) is 70.8 Å². The normalized spacial score (nSPS) is 14.6. The Morgan fingerprint density at radius 2 is 1.30 bits per heavy atom. The first-order valence-electron chi connectivity index (χ1n) is 30.6. The summed E-state index contributed by atoms with van der Waals surface area (Å²) in [6.45, 7) is -0.661. The number of carbonyl (C=O) groups is 10. The van der Waals surface area contributed by atoms with Crippen LogP contribution in [0.4, 0.5) is 17.5 Å². The molecule has 5 aromatic rings. The van der Waals surface area contributed by atoms with Gasteiger partial charge in [0.15, 0.2) is 22.8 Å². The van der Waals surface area contributed by atoms with Gasteiger partial charge in [-0.3, -0.25) is 43.2 Å². The molecule has 0 spiro atoms. The topological polar surface area (TPSA) is 506 Å². The summed E-state index contributed by atoms with van der Waals surface area (Å²) in [5.41, 5.74) is 17.8. The van der Waals surface area contributed by atoms with Crippen molar-refractivity contribution in [1.29, 1.82) is 0 Å². The zero-order valence-electron chi connectivity index (χ0n) is 52.2. The number of carbonyl (C=O) groups excluding carboxylic acids is 7. The molecule has 0 unspecified atom stereocenters. The van der Waals surface area contributed by atoms with Crippen LogP contribution in [0, 0.1) is 17.8 Å². The Kier molecular flexibility index (Phi) is 30.5. The fraction of sp³-hybridized carbons (Fsp3) is 0.460. The van der Waals surface area contributed by atoms with Crippen LogP contribution in [-0.2, 0) is 54.4 Å². The van der Waals surface area contributed by atoms with E-state index in [-0.39, 0.29) is 91.2 Å². The van der Waals surface area contributed by atoms with Crippen molar-refractivity contribution in [3.05, 3.63) is 101 Å². The highest BCUT2D eigenvalue weighted by molar-refractivity contribution is 8.76. The average molecular weight is 1390 g/mol. The molecule has 1 aliphatic rings. The van der Waals surface area contributed by atoms with Crippen molar-refractivity contribution in [3.63, 3.8) is 0 Å². The predicted octanol–water partition coefficient (Wildman–Crippen LogP) is 1.69. The van der Waals surface area contributed by atoms with Crippen LogP contribution in [0.15, 0.2) is 79.0 Å². The van der Waals surface area contributed by atoms with Crippen molar-refractivity contribution in [2.75, 3.05) is 66.1 Å². The van der Waals surface area contributed by atoms with E-state index in [1.807, 2.05) is 24.3 Å². The number of nitrogens with two attached hydrogens (primary N) is 2. The summed E-state index contributed by atoms with van der Waals surface area (Å²) in [7, 11) is 2.11. The third kappa shape index (κ3) is 23.7. The standard InChI is InChI=1S/C63H79N11O19S3/c1-33(10-18-52(82)83)46(76)24-35(13-17-50(80)68-29-48(78)55(85)56(86)49(79)30-75)60(88)72-45(28-67-51(81)20-22-94-32-43-41-8-4-2-6-39(41)40-7-3-5-9-42(40)43)47(77)25-36(61(89)90)31-96-95-23-21-93-53(84)19-16-44(62(91)92)71-59(87)34-11-14-37(15-12-34)66-26-38-27-69-58-54(70-38)57(64)73-63(65)74-58/h2-9,11-12,14-15,27,33,35-36,43-45,48-49,55-56,66,75,78-79,85-86H,10,13,16-26,28-32H2,1H3,(H,67,81)(H,68,80)(H,71,87)(H,72,88)(H,82,83)(H,89,90)(H,91,92)(H4,64,65,69,73,74)/t33-,35+,36-,44-,45-,48-,49+,55+,56+/m0/s1. The van der Waals surface area contributed by atoms with E-state index in [1.165, 1.54) is 37.0 Å². The number of esters is 1. The molecule has 30 nitrogen and oxygen atoms in total. The average Bonchev–Trinajstić information content (AvgIpc) is 1.61. The van der Waals surface area contributed by atoms with Gasteiger partial charge in [-0.15, -0.1) is 0 Å². The van der Waals surface area contributed by atoms with Gasteiger partial charge in [0.25, 0.3) is 5.91 Å². The number of amides is 4. The Labute approximate surface area is 563 Å². The van der Waals surface area contributed by atoms with Gasteiger partial charge in [0, 0.05) is 104 Å². The molecule has 518 valence electrons. The number of anilines is 3. The Balaban J connectivity index is 1.01. The number of thioether (sulfide) groups is 1. The number of ether oxygens (including phenoxy) is 1. The Bertz CT molecular complexity index is 3500. The number of aliphatic hydroxyl groups is 5. The van der Waals surface area contributed by atoms with Crippen molar-refractivity contribution in [1.82, 2.24) is 41.2 Å². The Morgan fingerprint density at radius 1 is 0.656 bits per heavy atom. The van der Waals surface area contributed by atoms with E-state index in [0.29, 0.717) is 22.9 Å². The molecule has 0 radical (unpaired) electrons. The molecule has 0 fully saturated rings. The molecule has 9 atom stereocenters. The Hall–Kier alpha value is -8.57. The van der Waals surface area contributed by atoms with Crippen molar-refractivity contribution in [2.45, 2.75) is 114 Å². The Morgan fingerprint density at radius 3 is 1.96 bits per heavy atom. The van der Waals surface area contributed by atoms with Crippen molar-refractivity contribution in [2.24, 2.45) is 17.8 Å².